The highest BCUT2D eigenvalue weighted by Crippen LogP contribution is 2.31. The van der Waals surface area contributed by atoms with E-state index >= 15 is 0 Å². The van der Waals surface area contributed by atoms with Gasteiger partial charge in [0.15, 0.2) is 0 Å². The summed E-state index contributed by atoms with van der Waals surface area (Å²) in [7, 11) is 0. The topological polar surface area (TPSA) is 39.2 Å². The van der Waals surface area contributed by atoms with Gasteiger partial charge >= 0.3 is 0 Å². The van der Waals surface area contributed by atoms with Crippen LogP contribution in [0.4, 0.5) is 10.1 Å². The third-order valence-corrected chi connectivity index (χ3v) is 3.00. The lowest BCUT2D eigenvalue weighted by molar-refractivity contribution is 0.601. The number of hydrogen-bond acceptors (Lipinski definition) is 2. The monoisotopic (exact) mass is 241 g/mol. The lowest BCUT2D eigenvalue weighted by Gasteiger charge is -2.00. The predicted octanol–water partition coefficient (Wildman–Crippen LogP) is 4.13. The molecule has 0 aliphatic rings. The van der Waals surface area contributed by atoms with Gasteiger partial charge in [-0.2, -0.15) is 0 Å². The van der Waals surface area contributed by atoms with E-state index in [2.05, 4.69) is 0 Å². The summed E-state index contributed by atoms with van der Waals surface area (Å²) < 4.78 is 19.5. The third kappa shape index (κ3) is 1.64. The fraction of sp³-hybridized carbons (Fsp3) is 0.0667. The Morgan fingerprint density at radius 2 is 1.94 bits per heavy atom. The van der Waals surface area contributed by atoms with Crippen LogP contribution in [0, 0.1) is 12.7 Å². The molecule has 18 heavy (non-hydrogen) atoms. The minimum absolute atomic E-state index is 0.369. The van der Waals surface area contributed by atoms with Crippen LogP contribution in [0.3, 0.4) is 0 Å². The van der Waals surface area contributed by atoms with Gasteiger partial charge in [0.25, 0.3) is 0 Å². The van der Waals surface area contributed by atoms with Crippen molar-refractivity contribution < 1.29 is 8.81 Å². The Labute approximate surface area is 104 Å². The summed E-state index contributed by atoms with van der Waals surface area (Å²) in [6, 6.07) is 12.3. The van der Waals surface area contributed by atoms with Crippen molar-refractivity contribution in [2.75, 3.05) is 5.73 Å². The van der Waals surface area contributed by atoms with Crippen LogP contribution in [0.1, 0.15) is 5.56 Å². The zero-order valence-electron chi connectivity index (χ0n) is 9.91. The number of aryl methyl sites for hydroxylation is 1. The zero-order valence-corrected chi connectivity index (χ0v) is 9.91. The quantitative estimate of drug-likeness (QED) is 0.650. The van der Waals surface area contributed by atoms with E-state index in [0.717, 1.165) is 16.5 Å². The number of halogens is 1. The van der Waals surface area contributed by atoms with E-state index in [-0.39, 0.29) is 5.82 Å². The van der Waals surface area contributed by atoms with Gasteiger partial charge in [-0.05, 0) is 36.8 Å². The molecule has 2 N–H and O–H groups in total. The molecule has 0 unspecified atom stereocenters. The summed E-state index contributed by atoms with van der Waals surface area (Å²) in [6.07, 6.45) is 0. The molecule has 2 nitrogen and oxygen atoms in total. The summed E-state index contributed by atoms with van der Waals surface area (Å²) in [5, 5.41) is 0.973. The van der Waals surface area contributed by atoms with Crippen LogP contribution in [-0.4, -0.2) is 0 Å². The van der Waals surface area contributed by atoms with Gasteiger partial charge in [-0.1, -0.05) is 18.2 Å². The number of fused-ring (bicyclic) bond motifs is 1. The predicted molar refractivity (Wildman–Crippen MR) is 70.8 cm³/mol. The van der Waals surface area contributed by atoms with Crippen LogP contribution in [-0.2, 0) is 0 Å². The van der Waals surface area contributed by atoms with Gasteiger partial charge in [0.05, 0.1) is 5.56 Å². The van der Waals surface area contributed by atoms with Crippen LogP contribution in [0.5, 0.6) is 0 Å². The largest absolute Gasteiger partial charge is 0.456 e. The van der Waals surface area contributed by atoms with E-state index in [1.807, 2.05) is 31.2 Å². The molecule has 2 aromatic carbocycles. The van der Waals surface area contributed by atoms with Crippen molar-refractivity contribution in [2.24, 2.45) is 0 Å². The van der Waals surface area contributed by atoms with E-state index in [9.17, 15) is 4.39 Å². The lowest BCUT2D eigenvalue weighted by Crippen LogP contribution is -1.88. The van der Waals surface area contributed by atoms with Crippen molar-refractivity contribution in [1.29, 1.82) is 0 Å². The van der Waals surface area contributed by atoms with E-state index in [4.69, 9.17) is 10.2 Å². The molecule has 0 saturated heterocycles. The van der Waals surface area contributed by atoms with Crippen LogP contribution in [0.2, 0.25) is 0 Å². The first-order valence-corrected chi connectivity index (χ1v) is 5.70. The minimum atomic E-state index is -0.369. The van der Waals surface area contributed by atoms with Gasteiger partial charge in [-0.15, -0.1) is 0 Å². The molecule has 1 aromatic heterocycles. The summed E-state index contributed by atoms with van der Waals surface area (Å²) in [4.78, 5) is 0. The SMILES string of the molecule is Cc1cccc2cc(-c3ccc(N)cc3F)oc12. The summed E-state index contributed by atoms with van der Waals surface area (Å²) in [6.45, 7) is 1.97. The molecular formula is C15H12FNO. The number of para-hydroxylation sites is 1. The fourth-order valence-corrected chi connectivity index (χ4v) is 2.07. The number of rotatable bonds is 1. The average molecular weight is 241 g/mol. The highest BCUT2D eigenvalue weighted by molar-refractivity contribution is 5.85. The average Bonchev–Trinajstić information content (AvgIpc) is 2.74. The van der Waals surface area contributed by atoms with Crippen molar-refractivity contribution in [3.8, 4) is 11.3 Å². The molecule has 3 heteroatoms. The van der Waals surface area contributed by atoms with Crippen molar-refractivity contribution in [3.63, 3.8) is 0 Å². The molecule has 0 fully saturated rings. The Balaban J connectivity index is 2.23. The lowest BCUT2D eigenvalue weighted by atomic mass is 10.1. The molecule has 3 aromatic rings. The Bertz CT molecular complexity index is 730. The van der Waals surface area contributed by atoms with E-state index in [1.165, 1.54) is 6.07 Å². The number of nitrogens with two attached hydrogens (primary N) is 1. The number of furan rings is 1. The maximum Gasteiger partial charge on any atom is 0.138 e. The number of hydrogen-bond donors (Lipinski definition) is 1. The minimum Gasteiger partial charge on any atom is -0.456 e. The molecule has 0 radical (unpaired) electrons. The van der Waals surface area contributed by atoms with E-state index < -0.39 is 0 Å². The molecule has 90 valence electrons. The van der Waals surface area contributed by atoms with Gasteiger partial charge in [-0.25, -0.2) is 4.39 Å². The van der Waals surface area contributed by atoms with Crippen LogP contribution >= 0.6 is 0 Å². The Hall–Kier alpha value is -2.29. The Morgan fingerprint density at radius 3 is 2.67 bits per heavy atom. The first-order valence-electron chi connectivity index (χ1n) is 5.70. The van der Waals surface area contributed by atoms with E-state index in [0.29, 0.717) is 17.0 Å². The summed E-state index contributed by atoms with van der Waals surface area (Å²) in [5.74, 6) is 0.156. The second kappa shape index (κ2) is 3.88. The first-order chi connectivity index (χ1) is 8.65. The molecular weight excluding hydrogens is 229 g/mol. The van der Waals surface area contributed by atoms with Crippen molar-refractivity contribution in [1.82, 2.24) is 0 Å². The molecule has 0 aliphatic heterocycles. The number of nitrogen functional groups attached to an aromatic ring is 1. The van der Waals surface area contributed by atoms with Gasteiger partial charge in [0.1, 0.15) is 17.2 Å². The van der Waals surface area contributed by atoms with Crippen molar-refractivity contribution in [3.05, 3.63) is 53.8 Å². The van der Waals surface area contributed by atoms with Gasteiger partial charge in [0.2, 0.25) is 0 Å². The second-order valence-corrected chi connectivity index (χ2v) is 4.34. The molecule has 0 atom stereocenters. The normalized spacial score (nSPS) is 11.0. The van der Waals surface area contributed by atoms with Crippen LogP contribution in [0.15, 0.2) is 46.9 Å². The molecule has 0 saturated carbocycles. The van der Waals surface area contributed by atoms with Crippen LogP contribution < -0.4 is 5.73 Å². The number of benzene rings is 2. The van der Waals surface area contributed by atoms with E-state index in [1.54, 1.807) is 12.1 Å². The number of anilines is 1. The summed E-state index contributed by atoms with van der Waals surface area (Å²) >= 11 is 0. The molecule has 1 heterocycles. The smallest absolute Gasteiger partial charge is 0.138 e. The maximum absolute atomic E-state index is 13.8. The van der Waals surface area contributed by atoms with Crippen molar-refractivity contribution >= 4 is 16.7 Å². The maximum atomic E-state index is 13.8. The van der Waals surface area contributed by atoms with Gasteiger partial charge < -0.3 is 10.2 Å². The fourth-order valence-electron chi connectivity index (χ4n) is 2.07. The Kier molecular flexibility index (Phi) is 2.33. The highest BCUT2D eigenvalue weighted by Gasteiger charge is 2.11. The third-order valence-electron chi connectivity index (χ3n) is 3.00. The molecule has 0 bridgehead atoms. The molecule has 0 aliphatic carbocycles. The summed E-state index contributed by atoms with van der Waals surface area (Å²) in [5.41, 5.74) is 8.20. The molecule has 0 amide bonds. The highest BCUT2D eigenvalue weighted by atomic mass is 19.1. The Morgan fingerprint density at radius 1 is 1.11 bits per heavy atom. The van der Waals surface area contributed by atoms with Crippen molar-refractivity contribution in [2.45, 2.75) is 6.92 Å². The second-order valence-electron chi connectivity index (χ2n) is 4.34. The molecule has 3 rings (SSSR count). The standard InChI is InChI=1S/C15H12FNO/c1-9-3-2-4-10-7-14(18-15(9)10)12-6-5-11(17)8-13(12)16/h2-8H,17H2,1H3. The zero-order chi connectivity index (χ0) is 12.7. The van der Waals surface area contributed by atoms with Gasteiger partial charge in [-0.3, -0.25) is 0 Å². The van der Waals surface area contributed by atoms with Crippen LogP contribution in [0.25, 0.3) is 22.3 Å². The molecule has 0 spiro atoms. The van der Waals surface area contributed by atoms with Gasteiger partial charge in [0, 0.05) is 11.1 Å². The first kappa shape index (κ1) is 10.8.